The van der Waals surface area contributed by atoms with E-state index < -0.39 is 0 Å². The van der Waals surface area contributed by atoms with Crippen molar-refractivity contribution in [1.82, 2.24) is 9.38 Å². The summed E-state index contributed by atoms with van der Waals surface area (Å²) in [5, 5.41) is 3.79. The van der Waals surface area contributed by atoms with Crippen LogP contribution in [-0.2, 0) is 6.42 Å². The monoisotopic (exact) mass is 511 g/mol. The summed E-state index contributed by atoms with van der Waals surface area (Å²) in [5.41, 5.74) is 5.51. The standard InChI is InChI=1S/C33H41N3O2/c1-8-9-13-24-16-18-25(19-17-24)31(37)38-27-15-10-14-26(21-27)28-30(35-33(6,7)22-32(3,4)5)36-20-11-12-23(2)29(36)34-28/h10-12,14-21,35H,8-9,13,22H2,1-7H3. The summed E-state index contributed by atoms with van der Waals surface area (Å²) < 4.78 is 7.91. The molecule has 0 fully saturated rings. The number of fused-ring (bicyclic) bond motifs is 1. The van der Waals surface area contributed by atoms with Gasteiger partial charge in [-0.3, -0.25) is 4.40 Å². The number of unbranched alkanes of at least 4 members (excludes halogenated alkanes) is 1. The molecule has 200 valence electrons. The number of carbonyl (C=O) groups excluding carboxylic acids is 1. The van der Waals surface area contributed by atoms with Crippen molar-refractivity contribution in [2.75, 3.05) is 5.32 Å². The molecule has 0 saturated carbocycles. The third-order valence-electron chi connectivity index (χ3n) is 6.60. The molecule has 0 bridgehead atoms. The van der Waals surface area contributed by atoms with Gasteiger partial charge in [0.05, 0.1) is 5.56 Å². The number of carbonyl (C=O) groups is 1. The summed E-state index contributed by atoms with van der Waals surface area (Å²) in [7, 11) is 0. The van der Waals surface area contributed by atoms with Crippen LogP contribution in [0.3, 0.4) is 0 Å². The lowest BCUT2D eigenvalue weighted by Crippen LogP contribution is -2.36. The first-order valence-corrected chi connectivity index (χ1v) is 13.6. The molecule has 0 saturated heterocycles. The van der Waals surface area contributed by atoms with Gasteiger partial charge in [-0.1, -0.05) is 64.4 Å². The molecule has 2 aromatic carbocycles. The lowest BCUT2D eigenvalue weighted by Gasteiger charge is -2.34. The molecule has 0 atom stereocenters. The number of ether oxygens (including phenoxy) is 1. The van der Waals surface area contributed by atoms with Gasteiger partial charge in [0.15, 0.2) is 0 Å². The number of hydrogen-bond acceptors (Lipinski definition) is 4. The number of benzene rings is 2. The average molecular weight is 512 g/mol. The Bertz CT molecular complexity index is 1410. The summed E-state index contributed by atoms with van der Waals surface area (Å²) in [4.78, 5) is 17.9. The molecule has 0 amide bonds. The van der Waals surface area contributed by atoms with Gasteiger partial charge in [-0.05, 0) is 86.9 Å². The molecule has 0 aliphatic carbocycles. The third-order valence-corrected chi connectivity index (χ3v) is 6.60. The molecule has 0 unspecified atom stereocenters. The number of hydrogen-bond donors (Lipinski definition) is 1. The number of esters is 1. The number of nitrogens with one attached hydrogen (secondary N) is 1. The number of imidazole rings is 1. The van der Waals surface area contributed by atoms with Gasteiger partial charge in [0.2, 0.25) is 0 Å². The van der Waals surface area contributed by atoms with Gasteiger partial charge in [0, 0.05) is 17.3 Å². The van der Waals surface area contributed by atoms with Crippen LogP contribution in [0.4, 0.5) is 5.82 Å². The lowest BCUT2D eigenvalue weighted by atomic mass is 9.82. The molecule has 1 N–H and O–H groups in total. The molecule has 2 heterocycles. The molecule has 5 heteroatoms. The minimum absolute atomic E-state index is 0.162. The minimum Gasteiger partial charge on any atom is -0.423 e. The van der Waals surface area contributed by atoms with E-state index in [0.717, 1.165) is 54.0 Å². The highest BCUT2D eigenvalue weighted by molar-refractivity contribution is 5.91. The van der Waals surface area contributed by atoms with Gasteiger partial charge in [0.1, 0.15) is 22.9 Å². The average Bonchev–Trinajstić information content (AvgIpc) is 3.20. The number of anilines is 1. The van der Waals surface area contributed by atoms with Crippen molar-refractivity contribution in [2.24, 2.45) is 5.41 Å². The summed E-state index contributed by atoms with van der Waals surface area (Å²) in [6.45, 7) is 15.5. The zero-order valence-corrected chi connectivity index (χ0v) is 23.9. The Morgan fingerprint density at radius 2 is 1.74 bits per heavy atom. The van der Waals surface area contributed by atoms with E-state index >= 15 is 0 Å². The molecule has 4 aromatic rings. The molecule has 5 nitrogen and oxygen atoms in total. The Hall–Kier alpha value is -3.60. The first-order valence-electron chi connectivity index (χ1n) is 13.6. The Labute approximate surface area is 227 Å². The molecule has 4 rings (SSSR count). The number of rotatable bonds is 9. The maximum atomic E-state index is 12.9. The van der Waals surface area contributed by atoms with Gasteiger partial charge in [0.25, 0.3) is 0 Å². The SMILES string of the molecule is CCCCc1ccc(C(=O)Oc2cccc(-c3nc4c(C)cccn4c3NC(C)(C)CC(C)(C)C)c2)cc1. The van der Waals surface area contributed by atoms with Crippen molar-refractivity contribution in [1.29, 1.82) is 0 Å². The fourth-order valence-corrected chi connectivity index (χ4v) is 5.28. The van der Waals surface area contributed by atoms with Gasteiger partial charge in [-0.25, -0.2) is 9.78 Å². The molecule has 0 aliphatic rings. The van der Waals surface area contributed by atoms with E-state index in [-0.39, 0.29) is 16.9 Å². The number of pyridine rings is 1. The van der Waals surface area contributed by atoms with E-state index in [9.17, 15) is 4.79 Å². The van der Waals surface area contributed by atoms with Crippen molar-refractivity contribution in [2.45, 2.75) is 79.7 Å². The van der Waals surface area contributed by atoms with Gasteiger partial charge >= 0.3 is 5.97 Å². The number of aryl methyl sites for hydroxylation is 2. The Morgan fingerprint density at radius 3 is 2.42 bits per heavy atom. The van der Waals surface area contributed by atoms with E-state index in [1.165, 1.54) is 5.56 Å². The summed E-state index contributed by atoms with van der Waals surface area (Å²) in [5.74, 6) is 1.07. The molecule has 2 aromatic heterocycles. The molecule has 0 spiro atoms. The molecular weight excluding hydrogens is 470 g/mol. The van der Waals surface area contributed by atoms with Crippen LogP contribution in [0, 0.1) is 12.3 Å². The smallest absolute Gasteiger partial charge is 0.343 e. The zero-order valence-electron chi connectivity index (χ0n) is 23.9. The fraction of sp³-hybridized carbons (Fsp3) is 0.394. The third kappa shape index (κ3) is 6.63. The molecule has 0 radical (unpaired) electrons. The number of nitrogens with zero attached hydrogens (tertiary/aromatic N) is 2. The van der Waals surface area contributed by atoms with Crippen molar-refractivity contribution >= 4 is 17.4 Å². The van der Waals surface area contributed by atoms with Crippen LogP contribution in [0.2, 0.25) is 0 Å². The summed E-state index contributed by atoms with van der Waals surface area (Å²) in [6, 6.07) is 19.5. The maximum absolute atomic E-state index is 12.9. The van der Waals surface area contributed by atoms with E-state index in [1.54, 1.807) is 0 Å². The number of aromatic nitrogens is 2. The van der Waals surface area contributed by atoms with Gasteiger partial charge in [-0.15, -0.1) is 0 Å². The molecule has 38 heavy (non-hydrogen) atoms. The highest BCUT2D eigenvalue weighted by Crippen LogP contribution is 2.36. The maximum Gasteiger partial charge on any atom is 0.343 e. The largest absolute Gasteiger partial charge is 0.423 e. The predicted molar refractivity (Wildman–Crippen MR) is 157 cm³/mol. The van der Waals surface area contributed by atoms with Crippen LogP contribution < -0.4 is 10.1 Å². The van der Waals surface area contributed by atoms with Crippen LogP contribution >= 0.6 is 0 Å². The van der Waals surface area contributed by atoms with E-state index in [2.05, 4.69) is 64.3 Å². The van der Waals surface area contributed by atoms with Crippen molar-refractivity contribution in [3.8, 4) is 17.0 Å². The van der Waals surface area contributed by atoms with Crippen molar-refractivity contribution in [3.05, 3.63) is 83.6 Å². The Kier molecular flexibility index (Phi) is 7.96. The van der Waals surface area contributed by atoms with Crippen molar-refractivity contribution in [3.63, 3.8) is 0 Å². The minimum atomic E-state index is -0.361. The quantitative estimate of drug-likeness (QED) is 0.181. The van der Waals surface area contributed by atoms with Crippen molar-refractivity contribution < 1.29 is 9.53 Å². The van der Waals surface area contributed by atoms with Crippen LogP contribution in [-0.4, -0.2) is 20.9 Å². The fourth-order valence-electron chi connectivity index (χ4n) is 5.28. The molecular formula is C33H41N3O2. The topological polar surface area (TPSA) is 55.6 Å². The van der Waals surface area contributed by atoms with Crippen LogP contribution in [0.15, 0.2) is 66.9 Å². The van der Waals surface area contributed by atoms with Crippen LogP contribution in [0.5, 0.6) is 5.75 Å². The van der Waals surface area contributed by atoms with Crippen LogP contribution in [0.25, 0.3) is 16.9 Å². The second kappa shape index (κ2) is 11.0. The second-order valence-electron chi connectivity index (χ2n) is 12.2. The van der Waals surface area contributed by atoms with E-state index in [4.69, 9.17) is 9.72 Å². The normalized spacial score (nSPS) is 12.1. The lowest BCUT2D eigenvalue weighted by molar-refractivity contribution is 0.0735. The highest BCUT2D eigenvalue weighted by atomic mass is 16.5. The van der Waals surface area contributed by atoms with Gasteiger partial charge < -0.3 is 10.1 Å². The second-order valence-corrected chi connectivity index (χ2v) is 12.2. The predicted octanol–water partition coefficient (Wildman–Crippen LogP) is 8.50. The molecule has 0 aliphatic heterocycles. The van der Waals surface area contributed by atoms with Crippen LogP contribution in [0.1, 0.15) is 82.3 Å². The Morgan fingerprint density at radius 1 is 1.00 bits per heavy atom. The summed E-state index contributed by atoms with van der Waals surface area (Å²) in [6.07, 6.45) is 6.34. The first-order chi connectivity index (χ1) is 18.0. The van der Waals surface area contributed by atoms with Gasteiger partial charge in [-0.2, -0.15) is 0 Å². The van der Waals surface area contributed by atoms with E-state index in [1.807, 2.05) is 60.8 Å². The summed E-state index contributed by atoms with van der Waals surface area (Å²) >= 11 is 0. The highest BCUT2D eigenvalue weighted by Gasteiger charge is 2.28. The first kappa shape index (κ1) is 27.4. The Balaban J connectivity index is 1.65. The van der Waals surface area contributed by atoms with E-state index in [0.29, 0.717) is 11.3 Å². The zero-order chi connectivity index (χ0) is 27.5.